The van der Waals surface area contributed by atoms with E-state index in [2.05, 4.69) is 6.92 Å². The summed E-state index contributed by atoms with van der Waals surface area (Å²) >= 11 is 0. The number of ether oxygens (including phenoxy) is 2. The number of alkyl halides is 5. The highest BCUT2D eigenvalue weighted by molar-refractivity contribution is 4.91. The van der Waals surface area contributed by atoms with E-state index in [0.29, 0.717) is 50.4 Å². The minimum absolute atomic E-state index is 0.0425. The van der Waals surface area contributed by atoms with E-state index >= 15 is 0 Å². The van der Waals surface area contributed by atoms with Crippen molar-refractivity contribution in [3.05, 3.63) is 0 Å². The van der Waals surface area contributed by atoms with Gasteiger partial charge in [0.15, 0.2) is 6.17 Å². The Bertz CT molecular complexity index is 569. The Morgan fingerprint density at radius 2 is 1.31 bits per heavy atom. The van der Waals surface area contributed by atoms with Crippen LogP contribution in [0.3, 0.4) is 0 Å². The van der Waals surface area contributed by atoms with Crippen LogP contribution in [0, 0.1) is 29.6 Å². The molecule has 186 valence electrons. The van der Waals surface area contributed by atoms with Gasteiger partial charge >= 0.3 is 6.11 Å². The lowest BCUT2D eigenvalue weighted by Gasteiger charge is -2.41. The van der Waals surface area contributed by atoms with Crippen LogP contribution in [0.2, 0.25) is 0 Å². The highest BCUT2D eigenvalue weighted by Gasteiger charge is 2.47. The average molecular weight is 467 g/mol. The molecule has 0 aromatic carbocycles. The fraction of sp³-hybridized carbons (Fsp3) is 1.00. The van der Waals surface area contributed by atoms with Gasteiger partial charge in [0.2, 0.25) is 0 Å². The van der Waals surface area contributed by atoms with Crippen LogP contribution in [0.25, 0.3) is 0 Å². The van der Waals surface area contributed by atoms with Crippen LogP contribution < -0.4 is 0 Å². The van der Waals surface area contributed by atoms with Crippen molar-refractivity contribution in [2.45, 2.75) is 121 Å². The minimum atomic E-state index is -3.13. The Hall–Kier alpha value is -0.430. The van der Waals surface area contributed by atoms with Gasteiger partial charge in [-0.25, -0.2) is 13.2 Å². The summed E-state index contributed by atoms with van der Waals surface area (Å²) in [7, 11) is 0. The molecule has 2 nitrogen and oxygen atoms in total. The molecule has 0 amide bonds. The highest BCUT2D eigenvalue weighted by Crippen LogP contribution is 2.46. The van der Waals surface area contributed by atoms with Crippen LogP contribution in [0.4, 0.5) is 22.0 Å². The zero-order valence-corrected chi connectivity index (χ0v) is 19.2. The molecular weight excluding hydrogens is 427 g/mol. The Labute approximate surface area is 189 Å². The molecule has 4 unspecified atom stereocenters. The fourth-order valence-electron chi connectivity index (χ4n) is 6.64. The third kappa shape index (κ3) is 5.79. The zero-order chi connectivity index (χ0) is 22.9. The van der Waals surface area contributed by atoms with Crippen molar-refractivity contribution >= 4 is 0 Å². The third-order valence-electron chi connectivity index (χ3n) is 8.77. The Balaban J connectivity index is 1.20. The predicted octanol–water partition coefficient (Wildman–Crippen LogP) is 7.20. The summed E-state index contributed by atoms with van der Waals surface area (Å²) in [6.45, 7) is 2.96. The van der Waals surface area contributed by atoms with Crippen molar-refractivity contribution in [3.63, 3.8) is 0 Å². The van der Waals surface area contributed by atoms with Gasteiger partial charge < -0.3 is 9.47 Å². The molecule has 0 aromatic rings. The summed E-state index contributed by atoms with van der Waals surface area (Å²) in [5.74, 6) is 0.0854. The lowest BCUT2D eigenvalue weighted by Crippen LogP contribution is -2.42. The van der Waals surface area contributed by atoms with Gasteiger partial charge in [0.1, 0.15) is 12.3 Å². The predicted molar refractivity (Wildman–Crippen MR) is 113 cm³/mol. The molecule has 3 aliphatic carbocycles. The molecule has 3 saturated carbocycles. The van der Waals surface area contributed by atoms with Gasteiger partial charge in [0.05, 0.1) is 18.1 Å². The molecule has 0 radical (unpaired) electrons. The maximum Gasteiger partial charge on any atom is 0.358 e. The third-order valence-corrected chi connectivity index (χ3v) is 8.77. The first-order chi connectivity index (χ1) is 15.2. The molecule has 1 aliphatic heterocycles. The molecule has 4 atom stereocenters. The van der Waals surface area contributed by atoms with E-state index in [4.69, 9.17) is 9.47 Å². The van der Waals surface area contributed by atoms with Gasteiger partial charge in [0, 0.05) is 6.61 Å². The summed E-state index contributed by atoms with van der Waals surface area (Å²) < 4.78 is 82.1. The molecule has 4 fully saturated rings. The Kier molecular flexibility index (Phi) is 8.06. The summed E-state index contributed by atoms with van der Waals surface area (Å²) in [5, 5.41) is 0. The quantitative estimate of drug-likeness (QED) is 0.399. The number of rotatable bonds is 5. The van der Waals surface area contributed by atoms with Crippen molar-refractivity contribution < 1.29 is 31.4 Å². The largest absolute Gasteiger partial charge is 0.378 e. The molecule has 0 N–H and O–H groups in total. The zero-order valence-electron chi connectivity index (χ0n) is 19.2. The van der Waals surface area contributed by atoms with E-state index < -0.39 is 36.6 Å². The monoisotopic (exact) mass is 466 g/mol. The normalized spacial score (nSPS) is 46.7. The summed E-state index contributed by atoms with van der Waals surface area (Å²) in [4.78, 5) is 0. The van der Waals surface area contributed by atoms with Crippen LogP contribution >= 0.6 is 0 Å². The van der Waals surface area contributed by atoms with Gasteiger partial charge in [0.25, 0.3) is 0 Å². The number of hydrogen-bond donors (Lipinski definition) is 0. The second kappa shape index (κ2) is 10.5. The Morgan fingerprint density at radius 1 is 0.719 bits per heavy atom. The van der Waals surface area contributed by atoms with Crippen molar-refractivity contribution in [2.75, 3.05) is 6.61 Å². The van der Waals surface area contributed by atoms with Crippen LogP contribution in [0.1, 0.15) is 84.0 Å². The summed E-state index contributed by atoms with van der Waals surface area (Å²) in [6.07, 6.45) is -2.03. The van der Waals surface area contributed by atoms with Crippen molar-refractivity contribution in [3.8, 4) is 0 Å². The maximum atomic E-state index is 14.9. The first-order valence-electron chi connectivity index (χ1n) is 12.8. The first-order valence-corrected chi connectivity index (χ1v) is 12.8. The van der Waals surface area contributed by atoms with E-state index in [-0.39, 0.29) is 30.8 Å². The van der Waals surface area contributed by atoms with E-state index in [9.17, 15) is 22.0 Å². The molecule has 4 rings (SSSR count). The molecule has 4 aliphatic rings. The molecule has 0 aromatic heterocycles. The van der Waals surface area contributed by atoms with Gasteiger partial charge in [-0.1, -0.05) is 6.92 Å². The molecule has 0 bridgehead atoms. The topological polar surface area (TPSA) is 18.5 Å². The van der Waals surface area contributed by atoms with Gasteiger partial charge in [-0.05, 0) is 101 Å². The standard InChI is InChI=1S/C25H39F5O2/c1-15-2-11-23(31-14-15)17-3-7-19(8-4-17)25(29,30)32-20-9-5-16(6-10-20)18-12-21(26)24(28)22(27)13-18/h15-24H,2-14H2,1H3. The number of halogens is 5. The molecule has 32 heavy (non-hydrogen) atoms. The molecule has 7 heteroatoms. The minimum Gasteiger partial charge on any atom is -0.378 e. The van der Waals surface area contributed by atoms with Gasteiger partial charge in [-0.2, -0.15) is 8.78 Å². The second-order valence-electron chi connectivity index (χ2n) is 11.1. The van der Waals surface area contributed by atoms with Crippen molar-refractivity contribution in [2.24, 2.45) is 29.6 Å². The van der Waals surface area contributed by atoms with E-state index in [1.165, 1.54) is 0 Å². The second-order valence-corrected chi connectivity index (χ2v) is 11.1. The lowest BCUT2D eigenvalue weighted by atomic mass is 9.71. The van der Waals surface area contributed by atoms with Gasteiger partial charge in [-0.3, -0.25) is 0 Å². The Morgan fingerprint density at radius 3 is 1.88 bits per heavy atom. The smallest absolute Gasteiger partial charge is 0.358 e. The summed E-state index contributed by atoms with van der Waals surface area (Å²) in [5.41, 5.74) is 0. The van der Waals surface area contributed by atoms with Crippen LogP contribution in [0.5, 0.6) is 0 Å². The maximum absolute atomic E-state index is 14.9. The van der Waals surface area contributed by atoms with Crippen molar-refractivity contribution in [1.82, 2.24) is 0 Å². The molecular formula is C25H39F5O2. The van der Waals surface area contributed by atoms with Crippen LogP contribution in [0.15, 0.2) is 0 Å². The molecule has 0 spiro atoms. The van der Waals surface area contributed by atoms with Gasteiger partial charge in [-0.15, -0.1) is 0 Å². The van der Waals surface area contributed by atoms with Crippen molar-refractivity contribution in [1.29, 1.82) is 0 Å². The van der Waals surface area contributed by atoms with E-state index in [0.717, 1.165) is 32.3 Å². The lowest BCUT2D eigenvalue weighted by molar-refractivity contribution is -0.303. The molecule has 1 heterocycles. The summed E-state index contributed by atoms with van der Waals surface area (Å²) in [6, 6.07) is 0. The van der Waals surface area contributed by atoms with Crippen LogP contribution in [-0.2, 0) is 9.47 Å². The molecule has 1 saturated heterocycles. The number of hydrogen-bond acceptors (Lipinski definition) is 2. The average Bonchev–Trinajstić information content (AvgIpc) is 2.78. The highest BCUT2D eigenvalue weighted by atomic mass is 19.3. The fourth-order valence-corrected chi connectivity index (χ4v) is 6.64. The first kappa shape index (κ1) is 24.7. The van der Waals surface area contributed by atoms with Crippen LogP contribution in [-0.4, -0.2) is 43.4 Å². The van der Waals surface area contributed by atoms with E-state index in [1.807, 2.05) is 0 Å². The van der Waals surface area contributed by atoms with E-state index in [1.54, 1.807) is 0 Å². The SMILES string of the molecule is CC1CCC(C2CCC(C(F)(F)OC3CCC(C4CC(F)C(F)C(F)C4)CC3)CC2)OC1.